The van der Waals surface area contributed by atoms with Gasteiger partial charge in [-0.1, -0.05) is 18.2 Å². The van der Waals surface area contributed by atoms with Crippen molar-refractivity contribution in [2.45, 2.75) is 0 Å². The lowest BCUT2D eigenvalue weighted by Gasteiger charge is -2.22. The standard InChI is InChI=1S/C14H12BrN3/c1-17(12-6-8-16-9-7-12)18-13-5-3-2-4-11(13)10-14(18)15/h2-10H,1H3. The lowest BCUT2D eigenvalue weighted by molar-refractivity contribution is 0.790. The minimum atomic E-state index is 1.03. The Balaban J connectivity index is 2.17. The van der Waals surface area contributed by atoms with Crippen LogP contribution in [0.25, 0.3) is 10.9 Å². The number of aromatic nitrogens is 2. The summed E-state index contributed by atoms with van der Waals surface area (Å²) in [4.78, 5) is 4.05. The molecular formula is C14H12BrN3. The number of hydrogen-bond acceptors (Lipinski definition) is 2. The minimum Gasteiger partial charge on any atom is -0.283 e. The summed E-state index contributed by atoms with van der Waals surface area (Å²) >= 11 is 3.61. The number of fused-ring (bicyclic) bond motifs is 1. The first-order valence-electron chi connectivity index (χ1n) is 5.67. The molecule has 3 nitrogen and oxygen atoms in total. The topological polar surface area (TPSA) is 21.1 Å². The van der Waals surface area contributed by atoms with E-state index in [4.69, 9.17) is 0 Å². The van der Waals surface area contributed by atoms with Crippen molar-refractivity contribution in [2.75, 3.05) is 12.1 Å². The van der Waals surface area contributed by atoms with Gasteiger partial charge in [0.1, 0.15) is 4.60 Å². The van der Waals surface area contributed by atoms with Crippen LogP contribution in [0.3, 0.4) is 0 Å². The van der Waals surface area contributed by atoms with Gasteiger partial charge in [-0.25, -0.2) is 4.68 Å². The molecule has 4 heteroatoms. The van der Waals surface area contributed by atoms with Crippen LogP contribution in [0.4, 0.5) is 5.69 Å². The number of benzene rings is 1. The van der Waals surface area contributed by atoms with Crippen LogP contribution in [-0.2, 0) is 0 Å². The lowest BCUT2D eigenvalue weighted by Crippen LogP contribution is -2.24. The zero-order valence-corrected chi connectivity index (χ0v) is 11.5. The molecule has 0 atom stereocenters. The van der Waals surface area contributed by atoms with Crippen molar-refractivity contribution < 1.29 is 0 Å². The second kappa shape index (κ2) is 4.46. The summed E-state index contributed by atoms with van der Waals surface area (Å²) in [6.07, 6.45) is 3.59. The smallest absolute Gasteiger partial charge is 0.107 e. The summed E-state index contributed by atoms with van der Waals surface area (Å²) in [7, 11) is 2.03. The molecule has 18 heavy (non-hydrogen) atoms. The number of anilines is 1. The fraction of sp³-hybridized carbons (Fsp3) is 0.0714. The normalized spacial score (nSPS) is 10.8. The number of halogens is 1. The van der Waals surface area contributed by atoms with Crippen molar-refractivity contribution in [3.8, 4) is 0 Å². The van der Waals surface area contributed by atoms with E-state index in [0.717, 1.165) is 10.3 Å². The van der Waals surface area contributed by atoms with Crippen molar-refractivity contribution in [1.29, 1.82) is 0 Å². The Bertz CT molecular complexity index is 676. The first-order valence-corrected chi connectivity index (χ1v) is 6.47. The fourth-order valence-corrected chi connectivity index (χ4v) is 2.76. The van der Waals surface area contributed by atoms with Crippen molar-refractivity contribution in [3.63, 3.8) is 0 Å². The molecule has 0 bridgehead atoms. The maximum atomic E-state index is 4.05. The average molecular weight is 302 g/mol. The van der Waals surface area contributed by atoms with E-state index in [1.54, 1.807) is 12.4 Å². The highest BCUT2D eigenvalue weighted by Crippen LogP contribution is 2.26. The highest BCUT2D eigenvalue weighted by molar-refractivity contribution is 9.10. The summed E-state index contributed by atoms with van der Waals surface area (Å²) in [5.41, 5.74) is 2.26. The predicted octanol–water partition coefficient (Wildman–Crippen LogP) is 3.70. The van der Waals surface area contributed by atoms with Crippen molar-refractivity contribution in [1.82, 2.24) is 9.66 Å². The largest absolute Gasteiger partial charge is 0.283 e. The summed E-state index contributed by atoms with van der Waals surface area (Å²) in [6.45, 7) is 0. The summed E-state index contributed by atoms with van der Waals surface area (Å²) < 4.78 is 3.16. The Hall–Kier alpha value is -1.81. The molecule has 90 valence electrons. The first-order chi connectivity index (χ1) is 8.77. The first kappa shape index (κ1) is 11.3. The van der Waals surface area contributed by atoms with Gasteiger partial charge in [0.25, 0.3) is 0 Å². The number of nitrogens with zero attached hydrogens (tertiary/aromatic N) is 3. The van der Waals surface area contributed by atoms with Crippen molar-refractivity contribution in [3.05, 3.63) is 59.5 Å². The molecule has 0 aliphatic rings. The summed E-state index contributed by atoms with van der Waals surface area (Å²) in [5.74, 6) is 0. The maximum absolute atomic E-state index is 4.05. The van der Waals surface area contributed by atoms with E-state index in [9.17, 15) is 0 Å². The van der Waals surface area contributed by atoms with E-state index in [1.807, 2.05) is 31.3 Å². The van der Waals surface area contributed by atoms with Crippen LogP contribution in [0.15, 0.2) is 59.5 Å². The molecule has 2 heterocycles. The van der Waals surface area contributed by atoms with Gasteiger partial charge in [-0.3, -0.25) is 9.99 Å². The molecule has 0 radical (unpaired) electrons. The van der Waals surface area contributed by atoms with E-state index >= 15 is 0 Å². The zero-order chi connectivity index (χ0) is 12.5. The third kappa shape index (κ3) is 1.78. The average Bonchev–Trinajstić information content (AvgIpc) is 2.75. The van der Waals surface area contributed by atoms with E-state index in [-0.39, 0.29) is 0 Å². The van der Waals surface area contributed by atoms with Crippen LogP contribution < -0.4 is 5.01 Å². The summed E-state index contributed by atoms with van der Waals surface area (Å²) in [5, 5.41) is 3.30. The molecule has 0 amide bonds. The molecule has 0 saturated carbocycles. The molecule has 3 aromatic rings. The van der Waals surface area contributed by atoms with Gasteiger partial charge in [0, 0.05) is 24.8 Å². The van der Waals surface area contributed by atoms with Crippen molar-refractivity contribution >= 4 is 32.5 Å². The van der Waals surface area contributed by atoms with E-state index < -0.39 is 0 Å². The van der Waals surface area contributed by atoms with Crippen LogP contribution >= 0.6 is 15.9 Å². The number of para-hydroxylation sites is 1. The van der Waals surface area contributed by atoms with E-state index in [1.165, 1.54) is 10.9 Å². The molecule has 2 aromatic heterocycles. The van der Waals surface area contributed by atoms with Gasteiger partial charge in [-0.15, -0.1) is 0 Å². The van der Waals surface area contributed by atoms with Gasteiger partial charge in [0.05, 0.1) is 11.2 Å². The van der Waals surface area contributed by atoms with Gasteiger partial charge < -0.3 is 0 Å². The fourth-order valence-electron chi connectivity index (χ4n) is 2.09. The third-order valence-electron chi connectivity index (χ3n) is 2.98. The molecule has 1 aromatic carbocycles. The Morgan fingerprint density at radius 1 is 1.11 bits per heavy atom. The molecule has 3 rings (SSSR count). The molecule has 0 aliphatic carbocycles. The molecule has 0 fully saturated rings. The Morgan fingerprint density at radius 3 is 2.61 bits per heavy atom. The second-order valence-corrected chi connectivity index (χ2v) is 4.88. The lowest BCUT2D eigenvalue weighted by atomic mass is 10.2. The van der Waals surface area contributed by atoms with Crippen molar-refractivity contribution in [2.24, 2.45) is 0 Å². The zero-order valence-electron chi connectivity index (χ0n) is 9.92. The van der Waals surface area contributed by atoms with Gasteiger partial charge in [0.15, 0.2) is 0 Å². The predicted molar refractivity (Wildman–Crippen MR) is 77.7 cm³/mol. The van der Waals surface area contributed by atoms with Crippen LogP contribution in [-0.4, -0.2) is 16.7 Å². The van der Waals surface area contributed by atoms with E-state index in [2.05, 4.69) is 48.8 Å². The van der Waals surface area contributed by atoms with Gasteiger partial charge in [-0.05, 0) is 40.2 Å². The van der Waals surface area contributed by atoms with E-state index in [0.29, 0.717) is 0 Å². The van der Waals surface area contributed by atoms with Gasteiger partial charge >= 0.3 is 0 Å². The highest BCUT2D eigenvalue weighted by Gasteiger charge is 2.10. The maximum Gasteiger partial charge on any atom is 0.107 e. The Kier molecular flexibility index (Phi) is 2.80. The van der Waals surface area contributed by atoms with Crippen LogP contribution in [0.2, 0.25) is 0 Å². The number of hydrogen-bond donors (Lipinski definition) is 0. The molecule has 0 N–H and O–H groups in total. The Labute approximate surface area is 114 Å². The van der Waals surface area contributed by atoms with Gasteiger partial charge in [0.2, 0.25) is 0 Å². The molecule has 0 spiro atoms. The molecule has 0 unspecified atom stereocenters. The van der Waals surface area contributed by atoms with Crippen LogP contribution in [0, 0.1) is 0 Å². The number of pyridine rings is 1. The third-order valence-corrected chi connectivity index (χ3v) is 3.54. The van der Waals surface area contributed by atoms with Gasteiger partial charge in [-0.2, -0.15) is 0 Å². The quantitative estimate of drug-likeness (QED) is 0.720. The molecular weight excluding hydrogens is 290 g/mol. The highest BCUT2D eigenvalue weighted by atomic mass is 79.9. The molecule has 0 saturated heterocycles. The summed E-state index contributed by atoms with van der Waals surface area (Å²) in [6, 6.07) is 14.4. The Morgan fingerprint density at radius 2 is 1.83 bits per heavy atom. The SMILES string of the molecule is CN(c1ccncc1)n1c(Br)cc2ccccc21. The molecule has 0 aliphatic heterocycles. The number of rotatable bonds is 2. The minimum absolute atomic E-state index is 1.03. The monoisotopic (exact) mass is 301 g/mol. The van der Waals surface area contributed by atoms with Crippen LogP contribution in [0.1, 0.15) is 0 Å². The second-order valence-electron chi connectivity index (χ2n) is 4.07. The van der Waals surface area contributed by atoms with Crippen LogP contribution in [0.5, 0.6) is 0 Å².